The Kier molecular flexibility index (Phi) is 6.02. The molecule has 3 rings (SSSR count). The van der Waals surface area contributed by atoms with Gasteiger partial charge in [-0.3, -0.25) is 4.90 Å². The average Bonchev–Trinajstić information content (AvgIpc) is 3.15. The van der Waals surface area contributed by atoms with Crippen molar-refractivity contribution in [1.29, 1.82) is 0 Å². The molecule has 0 spiro atoms. The van der Waals surface area contributed by atoms with Crippen LogP contribution in [-0.2, 0) is 6.54 Å². The summed E-state index contributed by atoms with van der Waals surface area (Å²) in [5, 5.41) is 7.79. The van der Waals surface area contributed by atoms with Crippen LogP contribution in [0, 0.1) is 5.92 Å². The molecule has 0 bridgehead atoms. The van der Waals surface area contributed by atoms with Gasteiger partial charge in [0.2, 0.25) is 5.89 Å². The molecule has 1 aliphatic carbocycles. The van der Waals surface area contributed by atoms with E-state index in [-0.39, 0.29) is 12.4 Å². The van der Waals surface area contributed by atoms with E-state index in [1.165, 1.54) is 32.2 Å². The number of nitrogens with one attached hydrogen (secondary N) is 1. The zero-order valence-corrected chi connectivity index (χ0v) is 13.9. The normalized spacial score (nSPS) is 20.7. The summed E-state index contributed by atoms with van der Waals surface area (Å²) in [4.78, 5) is 6.89. The molecule has 1 saturated carbocycles. The number of hydrogen-bond acceptors (Lipinski definition) is 5. The van der Waals surface area contributed by atoms with Gasteiger partial charge in [0, 0.05) is 25.0 Å². The van der Waals surface area contributed by atoms with Gasteiger partial charge in [-0.1, -0.05) is 19.0 Å². The van der Waals surface area contributed by atoms with Gasteiger partial charge < -0.3 is 9.84 Å². The van der Waals surface area contributed by atoms with Gasteiger partial charge in [-0.25, -0.2) is 0 Å². The first-order valence-electron chi connectivity index (χ1n) is 7.99. The Bertz CT molecular complexity index is 425. The Balaban J connectivity index is 0.00000161. The molecule has 0 unspecified atom stereocenters. The zero-order valence-electron chi connectivity index (χ0n) is 13.0. The number of halogens is 1. The first kappa shape index (κ1) is 16.7. The van der Waals surface area contributed by atoms with Gasteiger partial charge in [-0.2, -0.15) is 4.98 Å². The predicted octanol–water partition coefficient (Wildman–Crippen LogP) is 2.58. The van der Waals surface area contributed by atoms with Crippen molar-refractivity contribution >= 4 is 12.4 Å². The van der Waals surface area contributed by atoms with E-state index in [2.05, 4.69) is 34.2 Å². The molecule has 21 heavy (non-hydrogen) atoms. The largest absolute Gasteiger partial charge is 0.339 e. The van der Waals surface area contributed by atoms with Gasteiger partial charge in [-0.15, -0.1) is 12.4 Å². The number of piperidine rings is 1. The van der Waals surface area contributed by atoms with Crippen molar-refractivity contribution in [1.82, 2.24) is 20.4 Å². The van der Waals surface area contributed by atoms with E-state index in [0.717, 1.165) is 37.3 Å². The summed E-state index contributed by atoms with van der Waals surface area (Å²) in [7, 11) is 0. The molecule has 2 heterocycles. The molecule has 2 aliphatic rings. The molecular formula is C15H27ClN4O. The molecule has 120 valence electrons. The Morgan fingerprint density at radius 2 is 1.95 bits per heavy atom. The summed E-state index contributed by atoms with van der Waals surface area (Å²) in [6.45, 7) is 8.48. The Morgan fingerprint density at radius 3 is 2.52 bits per heavy atom. The lowest BCUT2D eigenvalue weighted by molar-refractivity contribution is 0.184. The number of rotatable bonds is 6. The van der Waals surface area contributed by atoms with Crippen LogP contribution in [0.15, 0.2) is 4.52 Å². The molecular weight excluding hydrogens is 288 g/mol. The van der Waals surface area contributed by atoms with E-state index in [9.17, 15) is 0 Å². The third-order valence-corrected chi connectivity index (χ3v) is 4.32. The summed E-state index contributed by atoms with van der Waals surface area (Å²) >= 11 is 0. The number of likely N-dealkylation sites (tertiary alicyclic amines) is 1. The first-order valence-corrected chi connectivity index (χ1v) is 7.99. The second-order valence-electron chi connectivity index (χ2n) is 6.61. The van der Waals surface area contributed by atoms with E-state index in [1.807, 2.05) is 0 Å². The smallest absolute Gasteiger partial charge is 0.229 e. The van der Waals surface area contributed by atoms with E-state index in [4.69, 9.17) is 4.52 Å². The van der Waals surface area contributed by atoms with Crippen molar-refractivity contribution in [3.05, 3.63) is 11.7 Å². The summed E-state index contributed by atoms with van der Waals surface area (Å²) in [6, 6.07) is 0.711. The fourth-order valence-corrected chi connectivity index (χ4v) is 2.72. The standard InChI is InChI=1S/C15H26N4O.ClH/c1-11(2)15-17-14(18-20-15)10-19-7-5-13(6-8-19)16-9-12-3-4-12;/h11-13,16H,3-10H2,1-2H3;1H. The van der Waals surface area contributed by atoms with Crippen LogP contribution in [0.2, 0.25) is 0 Å². The maximum atomic E-state index is 5.26. The first-order chi connectivity index (χ1) is 9.70. The van der Waals surface area contributed by atoms with Crippen molar-refractivity contribution < 1.29 is 4.52 Å². The maximum Gasteiger partial charge on any atom is 0.229 e. The van der Waals surface area contributed by atoms with E-state index >= 15 is 0 Å². The van der Waals surface area contributed by atoms with Gasteiger partial charge in [0.05, 0.1) is 6.54 Å². The lowest BCUT2D eigenvalue weighted by Gasteiger charge is -2.31. The van der Waals surface area contributed by atoms with E-state index < -0.39 is 0 Å². The van der Waals surface area contributed by atoms with Gasteiger partial charge in [0.25, 0.3) is 0 Å². The molecule has 5 nitrogen and oxygen atoms in total. The van der Waals surface area contributed by atoms with Gasteiger partial charge in [0.1, 0.15) is 0 Å². The highest BCUT2D eigenvalue weighted by atomic mass is 35.5. The highest BCUT2D eigenvalue weighted by Gasteiger charge is 2.25. The Morgan fingerprint density at radius 1 is 1.24 bits per heavy atom. The fraction of sp³-hybridized carbons (Fsp3) is 0.867. The van der Waals surface area contributed by atoms with Crippen LogP contribution in [0.3, 0.4) is 0 Å². The topological polar surface area (TPSA) is 54.2 Å². The Labute approximate surface area is 133 Å². The summed E-state index contributed by atoms with van der Waals surface area (Å²) < 4.78 is 5.26. The van der Waals surface area contributed by atoms with Crippen molar-refractivity contribution in [2.24, 2.45) is 5.92 Å². The second kappa shape index (κ2) is 7.56. The van der Waals surface area contributed by atoms with Crippen LogP contribution in [-0.4, -0.2) is 40.7 Å². The van der Waals surface area contributed by atoms with Crippen molar-refractivity contribution in [3.63, 3.8) is 0 Å². The van der Waals surface area contributed by atoms with Crippen LogP contribution in [0.25, 0.3) is 0 Å². The van der Waals surface area contributed by atoms with Crippen LogP contribution in [0.1, 0.15) is 57.2 Å². The third-order valence-electron chi connectivity index (χ3n) is 4.32. The van der Waals surface area contributed by atoms with Crippen molar-refractivity contribution in [2.45, 2.75) is 58.0 Å². The van der Waals surface area contributed by atoms with Crippen molar-refractivity contribution in [3.8, 4) is 0 Å². The minimum absolute atomic E-state index is 0. The molecule has 0 aromatic carbocycles. The molecule has 1 aliphatic heterocycles. The Hall–Kier alpha value is -0.650. The highest BCUT2D eigenvalue weighted by molar-refractivity contribution is 5.85. The maximum absolute atomic E-state index is 5.26. The third kappa shape index (κ3) is 4.94. The van der Waals surface area contributed by atoms with Crippen LogP contribution in [0.5, 0.6) is 0 Å². The summed E-state index contributed by atoms with van der Waals surface area (Å²) in [6.07, 6.45) is 5.34. The fourth-order valence-electron chi connectivity index (χ4n) is 2.72. The summed E-state index contributed by atoms with van der Waals surface area (Å²) in [5.41, 5.74) is 0. The average molecular weight is 315 g/mol. The molecule has 0 amide bonds. The van der Waals surface area contributed by atoms with Crippen LogP contribution < -0.4 is 5.32 Å². The molecule has 1 aromatic rings. The summed E-state index contributed by atoms with van der Waals surface area (Å²) in [5.74, 6) is 2.87. The minimum Gasteiger partial charge on any atom is -0.339 e. The van der Waals surface area contributed by atoms with E-state index in [0.29, 0.717) is 12.0 Å². The van der Waals surface area contributed by atoms with Crippen LogP contribution in [0.4, 0.5) is 0 Å². The highest BCUT2D eigenvalue weighted by Crippen LogP contribution is 2.28. The molecule has 0 radical (unpaired) electrons. The molecule has 1 N–H and O–H groups in total. The van der Waals surface area contributed by atoms with Crippen molar-refractivity contribution in [2.75, 3.05) is 19.6 Å². The van der Waals surface area contributed by atoms with Gasteiger partial charge >= 0.3 is 0 Å². The molecule has 0 atom stereocenters. The molecule has 1 aromatic heterocycles. The molecule has 6 heteroatoms. The number of aromatic nitrogens is 2. The van der Waals surface area contributed by atoms with Gasteiger partial charge in [-0.05, 0) is 38.1 Å². The predicted molar refractivity (Wildman–Crippen MR) is 84.7 cm³/mol. The quantitative estimate of drug-likeness (QED) is 0.874. The number of nitrogens with zero attached hydrogens (tertiary/aromatic N) is 3. The van der Waals surface area contributed by atoms with E-state index in [1.54, 1.807) is 0 Å². The lowest BCUT2D eigenvalue weighted by Crippen LogP contribution is -2.42. The minimum atomic E-state index is 0. The van der Waals surface area contributed by atoms with Crippen LogP contribution >= 0.6 is 12.4 Å². The zero-order chi connectivity index (χ0) is 13.9. The second-order valence-corrected chi connectivity index (χ2v) is 6.61. The molecule has 2 fully saturated rings. The SMILES string of the molecule is CC(C)c1nc(CN2CCC(NCC3CC3)CC2)no1.Cl. The van der Waals surface area contributed by atoms with Gasteiger partial charge in [0.15, 0.2) is 5.82 Å². The number of hydrogen-bond donors (Lipinski definition) is 1. The monoisotopic (exact) mass is 314 g/mol. The lowest BCUT2D eigenvalue weighted by atomic mass is 10.0. The molecule has 1 saturated heterocycles.